The van der Waals surface area contributed by atoms with Crippen LogP contribution in [-0.2, 0) is 11.0 Å². The lowest BCUT2D eigenvalue weighted by Gasteiger charge is -2.17. The van der Waals surface area contributed by atoms with Crippen molar-refractivity contribution in [3.63, 3.8) is 0 Å². The predicted molar refractivity (Wildman–Crippen MR) is 75.5 cm³/mol. The van der Waals surface area contributed by atoms with Crippen LogP contribution in [0.25, 0.3) is 0 Å². The van der Waals surface area contributed by atoms with Gasteiger partial charge in [0.25, 0.3) is 0 Å². The van der Waals surface area contributed by atoms with Crippen molar-refractivity contribution in [1.29, 1.82) is 0 Å². The molecule has 2 N–H and O–H groups in total. The Hall–Kier alpha value is -1.24. The van der Waals surface area contributed by atoms with Crippen molar-refractivity contribution in [3.8, 4) is 0 Å². The lowest BCUT2D eigenvalue weighted by atomic mass is 10.2. The van der Waals surface area contributed by atoms with Gasteiger partial charge >= 0.3 is 6.18 Å². The van der Waals surface area contributed by atoms with Gasteiger partial charge in [0.2, 0.25) is 5.91 Å². The van der Waals surface area contributed by atoms with E-state index in [1.807, 2.05) is 6.92 Å². The van der Waals surface area contributed by atoms with Gasteiger partial charge in [-0.2, -0.15) is 13.2 Å². The third kappa shape index (κ3) is 4.70. The van der Waals surface area contributed by atoms with E-state index < -0.39 is 17.8 Å². The summed E-state index contributed by atoms with van der Waals surface area (Å²) in [5.41, 5.74) is -0.525. The van der Waals surface area contributed by atoms with Crippen molar-refractivity contribution in [2.75, 3.05) is 11.9 Å². The molecule has 1 aromatic rings. The molecule has 112 valence electrons. The first-order valence-electron chi connectivity index (χ1n) is 6.16. The molecular weight excluding hydrogens is 337 g/mol. The number of carbonyl (C=O) groups excluding carboxylic acids is 1. The Morgan fingerprint density at radius 2 is 2.05 bits per heavy atom. The Morgan fingerprint density at radius 1 is 1.40 bits per heavy atom. The fraction of sp³-hybridized carbons (Fsp3) is 0.462. The average Bonchev–Trinajstić information content (AvgIpc) is 2.37. The number of rotatable bonds is 5. The summed E-state index contributed by atoms with van der Waals surface area (Å²) < 4.78 is 38.4. The molecule has 0 heterocycles. The van der Waals surface area contributed by atoms with Crippen LogP contribution in [0.4, 0.5) is 18.9 Å². The van der Waals surface area contributed by atoms with E-state index in [4.69, 9.17) is 0 Å². The first kappa shape index (κ1) is 16.8. The van der Waals surface area contributed by atoms with E-state index in [0.717, 1.165) is 18.6 Å². The van der Waals surface area contributed by atoms with Crippen molar-refractivity contribution < 1.29 is 18.0 Å². The van der Waals surface area contributed by atoms with Crippen molar-refractivity contribution in [2.24, 2.45) is 0 Å². The number of alkyl halides is 3. The molecule has 1 atom stereocenters. The van der Waals surface area contributed by atoms with Gasteiger partial charge in [0.05, 0.1) is 5.56 Å². The zero-order valence-electron chi connectivity index (χ0n) is 11.1. The van der Waals surface area contributed by atoms with Gasteiger partial charge in [0.1, 0.15) is 6.04 Å². The van der Waals surface area contributed by atoms with Crippen LogP contribution >= 0.6 is 15.9 Å². The van der Waals surface area contributed by atoms with Gasteiger partial charge in [-0.1, -0.05) is 6.92 Å². The van der Waals surface area contributed by atoms with Crippen LogP contribution in [0, 0.1) is 0 Å². The number of halogens is 4. The van der Waals surface area contributed by atoms with Crippen molar-refractivity contribution in [1.82, 2.24) is 5.32 Å². The Bertz CT molecular complexity index is 477. The molecule has 20 heavy (non-hydrogen) atoms. The minimum atomic E-state index is -4.41. The van der Waals surface area contributed by atoms with Gasteiger partial charge in [-0.15, -0.1) is 0 Å². The number of hydrogen-bond donors (Lipinski definition) is 2. The van der Waals surface area contributed by atoms with E-state index in [1.165, 1.54) is 6.07 Å². The van der Waals surface area contributed by atoms with Crippen molar-refractivity contribution in [2.45, 2.75) is 32.5 Å². The monoisotopic (exact) mass is 352 g/mol. The van der Waals surface area contributed by atoms with Gasteiger partial charge in [0, 0.05) is 16.7 Å². The second-order valence-electron chi connectivity index (χ2n) is 4.35. The maximum Gasteiger partial charge on any atom is 0.416 e. The first-order chi connectivity index (χ1) is 9.25. The van der Waals surface area contributed by atoms with Crippen molar-refractivity contribution in [3.05, 3.63) is 28.2 Å². The largest absolute Gasteiger partial charge is 0.416 e. The lowest BCUT2D eigenvalue weighted by molar-refractivity contribution is -0.137. The molecule has 1 aromatic carbocycles. The minimum Gasteiger partial charge on any atom is -0.373 e. The van der Waals surface area contributed by atoms with Crippen molar-refractivity contribution >= 4 is 27.5 Å². The number of carbonyl (C=O) groups is 1. The van der Waals surface area contributed by atoms with Crippen LogP contribution in [0.3, 0.4) is 0 Å². The molecule has 7 heteroatoms. The summed E-state index contributed by atoms with van der Waals surface area (Å²) in [5.74, 6) is -0.254. The normalized spacial score (nSPS) is 12.9. The molecule has 0 aliphatic heterocycles. The molecule has 0 aliphatic carbocycles. The standard InChI is InChI=1S/C13H16BrF3N2O/c1-3-6-18-12(20)8(2)19-11-7-9(13(15,16)17)4-5-10(11)14/h4-5,7-8,19H,3,6H2,1-2H3,(H,18,20). The summed E-state index contributed by atoms with van der Waals surface area (Å²) in [6, 6.07) is 2.65. The molecule has 0 spiro atoms. The van der Waals surface area contributed by atoms with Crippen LogP contribution in [0.15, 0.2) is 22.7 Å². The molecule has 0 bridgehead atoms. The van der Waals surface area contributed by atoms with Crippen LogP contribution in [0.1, 0.15) is 25.8 Å². The maximum absolute atomic E-state index is 12.6. The Morgan fingerprint density at radius 3 is 2.60 bits per heavy atom. The van der Waals surface area contributed by atoms with Gasteiger partial charge in [0.15, 0.2) is 0 Å². The van der Waals surface area contributed by atoms with Gasteiger partial charge in [-0.25, -0.2) is 0 Å². The molecule has 0 saturated heterocycles. The highest BCUT2D eigenvalue weighted by Crippen LogP contribution is 2.34. The second-order valence-corrected chi connectivity index (χ2v) is 5.20. The highest BCUT2D eigenvalue weighted by molar-refractivity contribution is 9.10. The number of hydrogen-bond acceptors (Lipinski definition) is 2. The molecule has 1 rings (SSSR count). The van der Waals surface area contributed by atoms with E-state index in [1.54, 1.807) is 6.92 Å². The molecule has 0 saturated carbocycles. The average molecular weight is 353 g/mol. The Kier molecular flexibility index (Phi) is 5.86. The summed E-state index contributed by atoms with van der Waals surface area (Å²) in [6.07, 6.45) is -3.61. The minimum absolute atomic E-state index is 0.235. The molecular formula is C13H16BrF3N2O. The SMILES string of the molecule is CCCNC(=O)C(C)Nc1cc(C(F)(F)F)ccc1Br. The number of nitrogens with one attached hydrogen (secondary N) is 2. The lowest BCUT2D eigenvalue weighted by Crippen LogP contribution is -2.38. The molecule has 0 aliphatic rings. The summed E-state index contributed by atoms with van der Waals surface area (Å²) in [7, 11) is 0. The molecule has 1 amide bonds. The van der Waals surface area contributed by atoms with Crippen LogP contribution in [-0.4, -0.2) is 18.5 Å². The third-order valence-electron chi connectivity index (χ3n) is 2.61. The fourth-order valence-electron chi connectivity index (χ4n) is 1.51. The smallest absolute Gasteiger partial charge is 0.373 e. The summed E-state index contributed by atoms with van der Waals surface area (Å²) >= 11 is 3.17. The number of anilines is 1. The highest BCUT2D eigenvalue weighted by atomic mass is 79.9. The van der Waals surface area contributed by atoms with Gasteiger partial charge < -0.3 is 10.6 Å². The Balaban J connectivity index is 2.83. The van der Waals surface area contributed by atoms with Crippen LogP contribution < -0.4 is 10.6 Å². The molecule has 0 aromatic heterocycles. The Labute approximate surface area is 124 Å². The van der Waals surface area contributed by atoms with E-state index in [9.17, 15) is 18.0 Å². The molecule has 0 radical (unpaired) electrons. The maximum atomic E-state index is 12.6. The zero-order chi connectivity index (χ0) is 15.3. The quantitative estimate of drug-likeness (QED) is 0.846. The summed E-state index contributed by atoms with van der Waals surface area (Å²) in [5, 5.41) is 5.45. The van der Waals surface area contributed by atoms with E-state index in [2.05, 4.69) is 26.6 Å². The number of benzene rings is 1. The zero-order valence-corrected chi connectivity index (χ0v) is 12.7. The summed E-state index contributed by atoms with van der Waals surface area (Å²) in [6.45, 7) is 4.05. The van der Waals surface area contributed by atoms with E-state index in [0.29, 0.717) is 11.0 Å². The van der Waals surface area contributed by atoms with Gasteiger partial charge in [-0.3, -0.25) is 4.79 Å². The topological polar surface area (TPSA) is 41.1 Å². The highest BCUT2D eigenvalue weighted by Gasteiger charge is 2.31. The molecule has 1 unspecified atom stereocenters. The molecule has 3 nitrogen and oxygen atoms in total. The second kappa shape index (κ2) is 6.97. The fourth-order valence-corrected chi connectivity index (χ4v) is 1.87. The van der Waals surface area contributed by atoms with Crippen LogP contribution in [0.2, 0.25) is 0 Å². The third-order valence-corrected chi connectivity index (χ3v) is 3.30. The first-order valence-corrected chi connectivity index (χ1v) is 6.96. The van der Waals surface area contributed by atoms with E-state index >= 15 is 0 Å². The molecule has 0 fully saturated rings. The van der Waals surface area contributed by atoms with Crippen LogP contribution in [0.5, 0.6) is 0 Å². The predicted octanol–water partition coefficient (Wildman–Crippen LogP) is 3.79. The van der Waals surface area contributed by atoms with E-state index in [-0.39, 0.29) is 11.6 Å². The number of amides is 1. The summed E-state index contributed by atoms with van der Waals surface area (Å²) in [4.78, 5) is 11.7. The van der Waals surface area contributed by atoms with Gasteiger partial charge in [-0.05, 0) is 47.5 Å².